The van der Waals surface area contributed by atoms with Crippen molar-refractivity contribution in [2.24, 2.45) is 0 Å². The number of nitrogens with zero attached hydrogens (tertiary/aromatic N) is 1. The van der Waals surface area contributed by atoms with E-state index in [1.54, 1.807) is 52.0 Å². The summed E-state index contributed by atoms with van der Waals surface area (Å²) in [4.78, 5) is 29.2. The third-order valence-corrected chi connectivity index (χ3v) is 3.02. The maximum atomic E-state index is 12.7. The number of benzene rings is 1. The third-order valence-electron chi connectivity index (χ3n) is 3.02. The Morgan fingerprint density at radius 1 is 1.18 bits per heavy atom. The molecule has 0 aliphatic rings. The van der Waals surface area contributed by atoms with Crippen LogP contribution in [0, 0.1) is 6.92 Å². The van der Waals surface area contributed by atoms with Gasteiger partial charge in [0.2, 0.25) is 5.78 Å². The van der Waals surface area contributed by atoms with Crippen LogP contribution in [0.2, 0.25) is 0 Å². The van der Waals surface area contributed by atoms with Crippen molar-refractivity contribution in [3.8, 4) is 0 Å². The lowest BCUT2D eigenvalue weighted by Gasteiger charge is -2.23. The van der Waals surface area contributed by atoms with Crippen LogP contribution in [-0.4, -0.2) is 22.3 Å². The molecule has 1 atom stereocenters. The average Bonchev–Trinajstić information content (AvgIpc) is 2.84. The van der Waals surface area contributed by atoms with E-state index in [1.165, 1.54) is 6.39 Å². The maximum Gasteiger partial charge on any atom is 0.321 e. The van der Waals surface area contributed by atoms with E-state index in [4.69, 9.17) is 9.15 Å². The first kappa shape index (κ1) is 15.9. The van der Waals surface area contributed by atoms with Crippen molar-refractivity contribution >= 4 is 11.8 Å². The van der Waals surface area contributed by atoms with Gasteiger partial charge in [-0.15, -0.1) is 0 Å². The van der Waals surface area contributed by atoms with Gasteiger partial charge in [-0.3, -0.25) is 9.59 Å². The van der Waals surface area contributed by atoms with Crippen molar-refractivity contribution < 1.29 is 18.7 Å². The van der Waals surface area contributed by atoms with Gasteiger partial charge in [-0.2, -0.15) is 0 Å². The van der Waals surface area contributed by atoms with E-state index in [0.717, 1.165) is 0 Å². The van der Waals surface area contributed by atoms with E-state index in [0.29, 0.717) is 11.3 Å². The van der Waals surface area contributed by atoms with Gasteiger partial charge in [-0.05, 0) is 33.3 Å². The fourth-order valence-corrected chi connectivity index (χ4v) is 2.08. The molecule has 1 aromatic carbocycles. The van der Waals surface area contributed by atoms with E-state index in [2.05, 4.69) is 4.98 Å². The van der Waals surface area contributed by atoms with Crippen molar-refractivity contribution in [2.75, 3.05) is 0 Å². The molecule has 0 amide bonds. The Hall–Kier alpha value is -2.43. The summed E-state index contributed by atoms with van der Waals surface area (Å²) in [5, 5.41) is 0. The quantitative estimate of drug-likeness (QED) is 0.492. The van der Waals surface area contributed by atoms with Gasteiger partial charge in [0.15, 0.2) is 6.39 Å². The molecule has 0 saturated heterocycles. The number of ketones is 1. The summed E-state index contributed by atoms with van der Waals surface area (Å²) >= 11 is 0. The van der Waals surface area contributed by atoms with Gasteiger partial charge in [-0.25, -0.2) is 4.98 Å². The number of aromatic nitrogens is 1. The molecule has 2 rings (SSSR count). The fraction of sp³-hybridized carbons (Fsp3) is 0.353. The molecule has 5 heteroatoms. The van der Waals surface area contributed by atoms with Crippen LogP contribution in [0.4, 0.5) is 0 Å². The fourth-order valence-electron chi connectivity index (χ4n) is 2.08. The van der Waals surface area contributed by atoms with E-state index >= 15 is 0 Å². The molecule has 0 radical (unpaired) electrons. The first-order valence-corrected chi connectivity index (χ1v) is 7.01. The Kier molecular flexibility index (Phi) is 4.45. The van der Waals surface area contributed by atoms with Crippen LogP contribution in [0.25, 0.3) is 0 Å². The Balaban J connectivity index is 2.40. The van der Waals surface area contributed by atoms with Gasteiger partial charge < -0.3 is 9.15 Å². The highest BCUT2D eigenvalue weighted by Crippen LogP contribution is 2.25. The van der Waals surface area contributed by atoms with Crippen LogP contribution in [-0.2, 0) is 9.53 Å². The third kappa shape index (κ3) is 3.61. The average molecular weight is 301 g/mol. The van der Waals surface area contributed by atoms with Crippen LogP contribution in [0.5, 0.6) is 0 Å². The highest BCUT2D eigenvalue weighted by molar-refractivity contribution is 6.12. The predicted octanol–water partition coefficient (Wildman–Crippen LogP) is 3.29. The molecule has 116 valence electrons. The second-order valence-corrected chi connectivity index (χ2v) is 6.00. The summed E-state index contributed by atoms with van der Waals surface area (Å²) in [5.41, 5.74) is 0.0485. The number of hydrogen-bond acceptors (Lipinski definition) is 5. The normalized spacial score (nSPS) is 12.7. The second kappa shape index (κ2) is 6.13. The standard InChI is InChI=1S/C17H19NO4/c1-11-14(18-10-21-11)15(19)13(12-8-6-5-7-9-12)16(20)22-17(2,3)4/h5-10,13H,1-4H3. The maximum absolute atomic E-state index is 12.7. The minimum Gasteiger partial charge on any atom is -0.459 e. The number of oxazole rings is 1. The number of ether oxygens (including phenoxy) is 1. The van der Waals surface area contributed by atoms with Gasteiger partial charge >= 0.3 is 5.97 Å². The summed E-state index contributed by atoms with van der Waals surface area (Å²) in [5.74, 6) is -1.68. The van der Waals surface area contributed by atoms with Crippen molar-refractivity contribution in [3.63, 3.8) is 0 Å². The second-order valence-electron chi connectivity index (χ2n) is 6.00. The van der Waals surface area contributed by atoms with Crippen molar-refractivity contribution in [1.82, 2.24) is 4.98 Å². The number of Topliss-reactive ketones (excluding diaryl/α,β-unsaturated/α-hetero) is 1. The number of aryl methyl sites for hydroxylation is 1. The number of carbonyl (C=O) groups is 2. The Morgan fingerprint density at radius 3 is 2.32 bits per heavy atom. The molecule has 0 spiro atoms. The Bertz CT molecular complexity index is 667. The Morgan fingerprint density at radius 2 is 1.82 bits per heavy atom. The number of carbonyl (C=O) groups excluding carboxylic acids is 2. The molecular weight excluding hydrogens is 282 g/mol. The van der Waals surface area contributed by atoms with Crippen molar-refractivity contribution in [1.29, 1.82) is 0 Å². The van der Waals surface area contributed by atoms with E-state index in [9.17, 15) is 9.59 Å². The molecule has 1 unspecified atom stereocenters. The van der Waals surface area contributed by atoms with Gasteiger partial charge in [0, 0.05) is 0 Å². The lowest BCUT2D eigenvalue weighted by Crippen LogP contribution is -2.31. The highest BCUT2D eigenvalue weighted by atomic mass is 16.6. The zero-order chi connectivity index (χ0) is 16.3. The largest absolute Gasteiger partial charge is 0.459 e. The van der Waals surface area contributed by atoms with Gasteiger partial charge in [0.25, 0.3) is 0 Å². The number of esters is 1. The van der Waals surface area contributed by atoms with Crippen LogP contribution < -0.4 is 0 Å². The van der Waals surface area contributed by atoms with Crippen molar-refractivity contribution in [3.05, 3.63) is 53.7 Å². The molecule has 0 saturated carbocycles. The first-order valence-electron chi connectivity index (χ1n) is 7.01. The zero-order valence-corrected chi connectivity index (χ0v) is 13.1. The molecule has 22 heavy (non-hydrogen) atoms. The van der Waals surface area contributed by atoms with Gasteiger partial charge in [0.1, 0.15) is 23.0 Å². The minimum absolute atomic E-state index is 0.153. The molecule has 0 bridgehead atoms. The van der Waals surface area contributed by atoms with E-state index < -0.39 is 23.3 Å². The monoisotopic (exact) mass is 301 g/mol. The SMILES string of the molecule is Cc1ocnc1C(=O)C(C(=O)OC(C)(C)C)c1ccccc1. The molecule has 0 aliphatic heterocycles. The summed E-state index contributed by atoms with van der Waals surface area (Å²) in [6.07, 6.45) is 1.19. The van der Waals surface area contributed by atoms with Gasteiger partial charge in [-0.1, -0.05) is 30.3 Å². The molecule has 0 aliphatic carbocycles. The number of rotatable bonds is 4. The molecule has 5 nitrogen and oxygen atoms in total. The van der Waals surface area contributed by atoms with Crippen LogP contribution in [0.15, 0.2) is 41.1 Å². The van der Waals surface area contributed by atoms with Crippen LogP contribution >= 0.6 is 0 Å². The van der Waals surface area contributed by atoms with E-state index in [1.807, 2.05) is 6.07 Å². The number of hydrogen-bond donors (Lipinski definition) is 0. The van der Waals surface area contributed by atoms with E-state index in [-0.39, 0.29) is 5.69 Å². The van der Waals surface area contributed by atoms with Crippen LogP contribution in [0.3, 0.4) is 0 Å². The van der Waals surface area contributed by atoms with Crippen LogP contribution in [0.1, 0.15) is 48.5 Å². The predicted molar refractivity (Wildman–Crippen MR) is 80.6 cm³/mol. The lowest BCUT2D eigenvalue weighted by molar-refractivity contribution is -0.155. The first-order chi connectivity index (χ1) is 10.3. The molecule has 1 aromatic heterocycles. The lowest BCUT2D eigenvalue weighted by atomic mass is 9.92. The molecular formula is C17H19NO4. The summed E-state index contributed by atoms with van der Waals surface area (Å²) in [7, 11) is 0. The molecule has 2 aromatic rings. The molecule has 0 fully saturated rings. The van der Waals surface area contributed by atoms with Gasteiger partial charge in [0.05, 0.1) is 0 Å². The highest BCUT2D eigenvalue weighted by Gasteiger charge is 2.35. The molecule has 1 heterocycles. The smallest absolute Gasteiger partial charge is 0.321 e. The summed E-state index contributed by atoms with van der Waals surface area (Å²) in [6, 6.07) is 8.82. The zero-order valence-electron chi connectivity index (χ0n) is 13.1. The topological polar surface area (TPSA) is 69.4 Å². The Labute approximate surface area is 129 Å². The summed E-state index contributed by atoms with van der Waals surface area (Å²) < 4.78 is 10.5. The minimum atomic E-state index is -1.05. The summed E-state index contributed by atoms with van der Waals surface area (Å²) in [6.45, 7) is 6.92. The molecule has 0 N–H and O–H groups in total. The van der Waals surface area contributed by atoms with Crippen molar-refractivity contribution in [2.45, 2.75) is 39.2 Å².